The minimum atomic E-state index is 0. The molecule has 1 amide bonds. The maximum Gasteiger partial charge on any atom is 0.222 e. The van der Waals surface area contributed by atoms with Crippen LogP contribution < -0.4 is 5.32 Å². The van der Waals surface area contributed by atoms with Gasteiger partial charge >= 0.3 is 0 Å². The van der Waals surface area contributed by atoms with Crippen molar-refractivity contribution in [3.05, 3.63) is 0 Å². The Morgan fingerprint density at radius 3 is 2.35 bits per heavy atom. The van der Waals surface area contributed by atoms with Gasteiger partial charge in [-0.2, -0.15) is 0 Å². The SMILES string of the molecule is CNCCCC(=O)N1CCC(OC2CCCC2)CC1.Cl. The minimum Gasteiger partial charge on any atom is -0.375 e. The molecule has 4 nitrogen and oxygen atoms in total. The van der Waals surface area contributed by atoms with Crippen LogP contribution in [-0.4, -0.2) is 49.7 Å². The molecular weight excluding hydrogens is 276 g/mol. The van der Waals surface area contributed by atoms with Crippen LogP contribution in [0.3, 0.4) is 0 Å². The summed E-state index contributed by atoms with van der Waals surface area (Å²) >= 11 is 0. The van der Waals surface area contributed by atoms with E-state index in [1.165, 1.54) is 25.7 Å². The molecule has 0 atom stereocenters. The van der Waals surface area contributed by atoms with Gasteiger partial charge in [0.1, 0.15) is 0 Å². The fourth-order valence-corrected chi connectivity index (χ4v) is 3.11. The highest BCUT2D eigenvalue weighted by atomic mass is 35.5. The number of hydrogen-bond acceptors (Lipinski definition) is 3. The Balaban J connectivity index is 0.00000200. The van der Waals surface area contributed by atoms with Gasteiger partial charge in [0.05, 0.1) is 12.2 Å². The van der Waals surface area contributed by atoms with Gasteiger partial charge in [-0.15, -0.1) is 12.4 Å². The van der Waals surface area contributed by atoms with Crippen LogP contribution in [0.5, 0.6) is 0 Å². The van der Waals surface area contributed by atoms with Crippen molar-refractivity contribution in [3.63, 3.8) is 0 Å². The lowest BCUT2D eigenvalue weighted by molar-refractivity contribution is -0.134. The number of ether oxygens (including phenoxy) is 1. The number of likely N-dealkylation sites (tertiary alicyclic amines) is 1. The van der Waals surface area contributed by atoms with Crippen LogP contribution in [-0.2, 0) is 9.53 Å². The van der Waals surface area contributed by atoms with Crippen molar-refractivity contribution in [1.29, 1.82) is 0 Å². The third-order valence-corrected chi connectivity index (χ3v) is 4.30. The normalized spacial score (nSPS) is 20.9. The van der Waals surface area contributed by atoms with Crippen molar-refractivity contribution < 1.29 is 9.53 Å². The summed E-state index contributed by atoms with van der Waals surface area (Å²) < 4.78 is 6.13. The van der Waals surface area contributed by atoms with Gasteiger partial charge in [-0.1, -0.05) is 12.8 Å². The highest BCUT2D eigenvalue weighted by molar-refractivity contribution is 5.85. The lowest BCUT2D eigenvalue weighted by Gasteiger charge is -2.33. The summed E-state index contributed by atoms with van der Waals surface area (Å²) in [6.45, 7) is 2.69. The van der Waals surface area contributed by atoms with E-state index in [1.807, 2.05) is 11.9 Å². The quantitative estimate of drug-likeness (QED) is 0.766. The van der Waals surface area contributed by atoms with Crippen LogP contribution in [0.4, 0.5) is 0 Å². The van der Waals surface area contributed by atoms with Crippen LogP contribution in [0.25, 0.3) is 0 Å². The number of piperidine rings is 1. The van der Waals surface area contributed by atoms with E-state index in [0.717, 1.165) is 38.9 Å². The number of halogens is 1. The number of rotatable bonds is 6. The monoisotopic (exact) mass is 304 g/mol. The Morgan fingerprint density at radius 1 is 1.15 bits per heavy atom. The second kappa shape index (κ2) is 9.59. The lowest BCUT2D eigenvalue weighted by Crippen LogP contribution is -2.41. The van der Waals surface area contributed by atoms with Gasteiger partial charge in [-0.3, -0.25) is 4.79 Å². The van der Waals surface area contributed by atoms with E-state index in [1.54, 1.807) is 0 Å². The van der Waals surface area contributed by atoms with Gasteiger partial charge in [-0.25, -0.2) is 0 Å². The molecule has 2 fully saturated rings. The van der Waals surface area contributed by atoms with Gasteiger partial charge in [-0.05, 0) is 45.7 Å². The Bertz CT molecular complexity index is 275. The molecule has 0 spiro atoms. The van der Waals surface area contributed by atoms with Gasteiger partial charge in [0, 0.05) is 19.5 Å². The molecule has 2 aliphatic rings. The van der Waals surface area contributed by atoms with E-state index in [0.29, 0.717) is 24.5 Å². The first-order valence-electron chi connectivity index (χ1n) is 7.87. The number of nitrogens with zero attached hydrogens (tertiary/aromatic N) is 1. The first-order chi connectivity index (χ1) is 9.29. The molecule has 0 aromatic heterocycles. The predicted molar refractivity (Wildman–Crippen MR) is 83.4 cm³/mol. The van der Waals surface area contributed by atoms with E-state index in [9.17, 15) is 4.79 Å². The maximum atomic E-state index is 12.0. The second-order valence-corrected chi connectivity index (χ2v) is 5.83. The molecule has 1 aliphatic carbocycles. The average Bonchev–Trinajstić information content (AvgIpc) is 2.93. The maximum absolute atomic E-state index is 12.0. The fourth-order valence-electron chi connectivity index (χ4n) is 3.11. The summed E-state index contributed by atoms with van der Waals surface area (Å²) in [6, 6.07) is 0. The Hall–Kier alpha value is -0.320. The number of carbonyl (C=O) groups is 1. The van der Waals surface area contributed by atoms with Crippen LogP contribution in [0, 0.1) is 0 Å². The molecule has 0 bridgehead atoms. The topological polar surface area (TPSA) is 41.6 Å². The molecule has 0 radical (unpaired) electrons. The lowest BCUT2D eigenvalue weighted by atomic mass is 10.1. The minimum absolute atomic E-state index is 0. The van der Waals surface area contributed by atoms with E-state index < -0.39 is 0 Å². The molecule has 1 heterocycles. The summed E-state index contributed by atoms with van der Waals surface area (Å²) in [6.07, 6.45) is 9.69. The van der Waals surface area contributed by atoms with Crippen molar-refractivity contribution in [2.75, 3.05) is 26.7 Å². The zero-order valence-electron chi connectivity index (χ0n) is 12.6. The summed E-state index contributed by atoms with van der Waals surface area (Å²) in [7, 11) is 1.93. The summed E-state index contributed by atoms with van der Waals surface area (Å²) in [5, 5.41) is 3.08. The molecule has 0 aromatic rings. The molecule has 0 aromatic carbocycles. The zero-order valence-corrected chi connectivity index (χ0v) is 13.4. The van der Waals surface area contributed by atoms with Gasteiger partial charge < -0.3 is 15.0 Å². The first kappa shape index (κ1) is 17.7. The largest absolute Gasteiger partial charge is 0.375 e. The van der Waals surface area contributed by atoms with Crippen LogP contribution in [0.15, 0.2) is 0 Å². The summed E-state index contributed by atoms with van der Waals surface area (Å²) in [4.78, 5) is 14.0. The van der Waals surface area contributed by atoms with Crippen molar-refractivity contribution in [3.8, 4) is 0 Å². The van der Waals surface area contributed by atoms with Gasteiger partial charge in [0.15, 0.2) is 0 Å². The van der Waals surface area contributed by atoms with E-state index in [-0.39, 0.29) is 12.4 Å². The molecule has 118 valence electrons. The average molecular weight is 305 g/mol. The highest BCUT2D eigenvalue weighted by Gasteiger charge is 2.26. The molecule has 1 saturated carbocycles. The summed E-state index contributed by atoms with van der Waals surface area (Å²) in [5.74, 6) is 0.314. The smallest absolute Gasteiger partial charge is 0.222 e. The molecule has 0 unspecified atom stereocenters. The molecule has 2 rings (SSSR count). The molecule has 1 N–H and O–H groups in total. The van der Waals surface area contributed by atoms with Crippen LogP contribution >= 0.6 is 12.4 Å². The molecular formula is C15H29ClN2O2. The van der Waals surface area contributed by atoms with Crippen molar-refractivity contribution >= 4 is 18.3 Å². The fraction of sp³-hybridized carbons (Fsp3) is 0.933. The van der Waals surface area contributed by atoms with Crippen molar-refractivity contribution in [1.82, 2.24) is 10.2 Å². The number of hydrogen-bond donors (Lipinski definition) is 1. The third kappa shape index (κ3) is 5.58. The van der Waals surface area contributed by atoms with E-state index in [2.05, 4.69) is 5.32 Å². The molecule has 20 heavy (non-hydrogen) atoms. The van der Waals surface area contributed by atoms with Crippen LogP contribution in [0.2, 0.25) is 0 Å². The number of amides is 1. The molecule has 5 heteroatoms. The highest BCUT2D eigenvalue weighted by Crippen LogP contribution is 2.25. The predicted octanol–water partition coefficient (Wildman–Crippen LogP) is 2.36. The standard InChI is InChI=1S/C15H28N2O2.ClH/c1-16-10-4-7-15(18)17-11-8-14(9-12-17)19-13-5-2-3-6-13;/h13-14,16H,2-12H2,1H3;1H. The van der Waals surface area contributed by atoms with Gasteiger partial charge in [0.25, 0.3) is 0 Å². The number of carbonyl (C=O) groups excluding carboxylic acids is 1. The van der Waals surface area contributed by atoms with E-state index in [4.69, 9.17) is 4.74 Å². The van der Waals surface area contributed by atoms with Crippen molar-refractivity contribution in [2.24, 2.45) is 0 Å². The van der Waals surface area contributed by atoms with E-state index >= 15 is 0 Å². The second-order valence-electron chi connectivity index (χ2n) is 5.83. The first-order valence-corrected chi connectivity index (χ1v) is 7.87. The van der Waals surface area contributed by atoms with Gasteiger partial charge in [0.2, 0.25) is 5.91 Å². The van der Waals surface area contributed by atoms with Crippen molar-refractivity contribution in [2.45, 2.75) is 63.6 Å². The Morgan fingerprint density at radius 2 is 1.75 bits per heavy atom. The molecule has 1 saturated heterocycles. The Labute approximate surface area is 129 Å². The third-order valence-electron chi connectivity index (χ3n) is 4.30. The van der Waals surface area contributed by atoms with Crippen LogP contribution in [0.1, 0.15) is 51.4 Å². The Kier molecular flexibility index (Phi) is 8.50. The summed E-state index contributed by atoms with van der Waals surface area (Å²) in [5.41, 5.74) is 0. The molecule has 1 aliphatic heterocycles. The zero-order chi connectivity index (χ0) is 13.5. The number of nitrogens with one attached hydrogen (secondary N) is 1.